The molecule has 0 radical (unpaired) electrons. The molecule has 0 bridgehead atoms. The van der Waals surface area contributed by atoms with Crippen LogP contribution in [0.4, 0.5) is 14.5 Å². The normalized spacial score (nSPS) is 22.0. The molecule has 36 heavy (non-hydrogen) atoms. The maximum atomic E-state index is 12.9. The molecule has 2 N–H and O–H groups in total. The first kappa shape index (κ1) is 25.1. The molecule has 194 valence electrons. The quantitative estimate of drug-likeness (QED) is 0.551. The molecule has 2 aromatic rings. The Morgan fingerprint density at radius 2 is 2.03 bits per heavy atom. The molecule has 10 heteroatoms. The van der Waals surface area contributed by atoms with E-state index in [1.54, 1.807) is 6.07 Å². The molecule has 1 fully saturated rings. The highest BCUT2D eigenvalue weighted by Crippen LogP contribution is 2.31. The van der Waals surface area contributed by atoms with Crippen molar-refractivity contribution < 1.29 is 23.1 Å². The van der Waals surface area contributed by atoms with Crippen molar-refractivity contribution in [2.75, 3.05) is 31.6 Å². The summed E-state index contributed by atoms with van der Waals surface area (Å²) >= 11 is 1.40. The SMILES string of the molecule is O=C1Cc2cccc(C(=O)N[C@H]3CC[C@H](CCN4CCc5nc(OCC(F)F)sc5CC4)CC3)c2N1. The number of carbonyl (C=O) groups excluding carboxylic acids is 2. The monoisotopic (exact) mass is 518 g/mol. The van der Waals surface area contributed by atoms with E-state index in [0.717, 1.165) is 80.7 Å². The maximum Gasteiger partial charge on any atom is 0.273 e. The van der Waals surface area contributed by atoms with E-state index in [4.69, 9.17) is 4.74 Å². The lowest BCUT2D eigenvalue weighted by molar-refractivity contribution is -0.115. The van der Waals surface area contributed by atoms with Gasteiger partial charge in [0.25, 0.3) is 17.5 Å². The Morgan fingerprint density at radius 1 is 1.22 bits per heavy atom. The van der Waals surface area contributed by atoms with Crippen molar-refractivity contribution in [1.29, 1.82) is 0 Å². The number of halogens is 2. The zero-order chi connectivity index (χ0) is 25.1. The number of carbonyl (C=O) groups is 2. The Morgan fingerprint density at radius 3 is 2.83 bits per heavy atom. The second-order valence-electron chi connectivity index (χ2n) is 9.94. The zero-order valence-electron chi connectivity index (χ0n) is 20.2. The summed E-state index contributed by atoms with van der Waals surface area (Å²) in [6.45, 7) is 2.32. The Hall–Kier alpha value is -2.59. The molecule has 5 rings (SSSR count). The molecule has 0 spiro atoms. The van der Waals surface area contributed by atoms with Gasteiger partial charge in [0, 0.05) is 30.4 Å². The number of aromatic nitrogens is 1. The van der Waals surface area contributed by atoms with E-state index in [1.807, 2.05) is 12.1 Å². The van der Waals surface area contributed by atoms with E-state index in [0.29, 0.717) is 28.8 Å². The average Bonchev–Trinajstić information content (AvgIpc) is 3.39. The van der Waals surface area contributed by atoms with E-state index < -0.39 is 13.0 Å². The molecule has 1 aromatic heterocycles. The third kappa shape index (κ3) is 6.03. The van der Waals surface area contributed by atoms with E-state index in [-0.39, 0.29) is 17.9 Å². The molecule has 0 saturated heterocycles. The number of nitrogens with one attached hydrogen (secondary N) is 2. The van der Waals surface area contributed by atoms with Crippen LogP contribution in [0.5, 0.6) is 5.19 Å². The highest BCUT2D eigenvalue weighted by molar-refractivity contribution is 7.13. The lowest BCUT2D eigenvalue weighted by Crippen LogP contribution is -2.38. The van der Waals surface area contributed by atoms with E-state index >= 15 is 0 Å². The van der Waals surface area contributed by atoms with Gasteiger partial charge < -0.3 is 20.3 Å². The summed E-state index contributed by atoms with van der Waals surface area (Å²) in [5, 5.41) is 6.36. The number of rotatable bonds is 8. The lowest BCUT2D eigenvalue weighted by Gasteiger charge is -2.31. The van der Waals surface area contributed by atoms with Crippen LogP contribution in [0.2, 0.25) is 0 Å². The van der Waals surface area contributed by atoms with Gasteiger partial charge in [-0.1, -0.05) is 23.5 Å². The van der Waals surface area contributed by atoms with Gasteiger partial charge in [0.15, 0.2) is 6.61 Å². The predicted octanol–water partition coefficient (Wildman–Crippen LogP) is 4.06. The van der Waals surface area contributed by atoms with Gasteiger partial charge in [0.2, 0.25) is 5.91 Å². The van der Waals surface area contributed by atoms with E-state index in [2.05, 4.69) is 20.5 Å². The molecular weight excluding hydrogens is 486 g/mol. The Balaban J connectivity index is 1.03. The van der Waals surface area contributed by atoms with Crippen LogP contribution in [0.25, 0.3) is 0 Å². The predicted molar refractivity (Wildman–Crippen MR) is 134 cm³/mol. The van der Waals surface area contributed by atoms with Crippen LogP contribution in [0, 0.1) is 5.92 Å². The molecule has 3 heterocycles. The molecular formula is C26H32F2N4O3S. The number of benzene rings is 1. The first-order valence-electron chi connectivity index (χ1n) is 12.8. The van der Waals surface area contributed by atoms with Crippen molar-refractivity contribution in [2.45, 2.75) is 63.8 Å². The summed E-state index contributed by atoms with van der Waals surface area (Å²) in [5.41, 5.74) is 3.09. The minimum absolute atomic E-state index is 0.0642. The fourth-order valence-corrected chi connectivity index (χ4v) is 6.42. The number of ether oxygens (including phenoxy) is 1. The van der Waals surface area contributed by atoms with Gasteiger partial charge in [0.1, 0.15) is 0 Å². The van der Waals surface area contributed by atoms with Gasteiger partial charge in [-0.15, -0.1) is 0 Å². The molecule has 1 aromatic carbocycles. The van der Waals surface area contributed by atoms with Crippen LogP contribution >= 0.6 is 11.3 Å². The fourth-order valence-electron chi connectivity index (χ4n) is 5.47. The molecule has 1 aliphatic carbocycles. The van der Waals surface area contributed by atoms with Gasteiger partial charge in [-0.2, -0.15) is 0 Å². The minimum Gasteiger partial charge on any atom is -0.464 e. The summed E-state index contributed by atoms with van der Waals surface area (Å²) < 4.78 is 29.8. The smallest absolute Gasteiger partial charge is 0.273 e. The number of hydrogen-bond acceptors (Lipinski definition) is 6. The Bertz CT molecular complexity index is 1080. The number of anilines is 1. The van der Waals surface area contributed by atoms with E-state index in [1.165, 1.54) is 11.3 Å². The van der Waals surface area contributed by atoms with Crippen molar-refractivity contribution in [1.82, 2.24) is 15.2 Å². The number of alkyl halides is 2. The van der Waals surface area contributed by atoms with Crippen LogP contribution in [-0.2, 0) is 24.1 Å². The summed E-state index contributed by atoms with van der Waals surface area (Å²) in [7, 11) is 0. The first-order chi connectivity index (χ1) is 17.4. The third-order valence-electron chi connectivity index (χ3n) is 7.46. The van der Waals surface area contributed by atoms with Crippen LogP contribution < -0.4 is 15.4 Å². The van der Waals surface area contributed by atoms with Crippen molar-refractivity contribution in [3.05, 3.63) is 39.9 Å². The van der Waals surface area contributed by atoms with E-state index in [9.17, 15) is 18.4 Å². The molecule has 0 atom stereocenters. The highest BCUT2D eigenvalue weighted by atomic mass is 32.1. The second-order valence-corrected chi connectivity index (χ2v) is 11.0. The van der Waals surface area contributed by atoms with Gasteiger partial charge in [-0.05, 0) is 62.6 Å². The van der Waals surface area contributed by atoms with Crippen LogP contribution in [0.15, 0.2) is 18.2 Å². The molecule has 7 nitrogen and oxygen atoms in total. The number of para-hydroxylation sites is 1. The van der Waals surface area contributed by atoms with Gasteiger partial charge in [-0.25, -0.2) is 13.8 Å². The number of nitrogens with zero attached hydrogens (tertiary/aromatic N) is 2. The number of fused-ring (bicyclic) bond motifs is 2. The standard InChI is InChI=1S/C26H32F2N4O3S/c27-22(28)15-35-26-30-20-9-12-32(13-10-21(20)36-26)11-8-16-4-6-18(7-5-16)29-25(34)19-3-1-2-17-14-23(33)31-24(17)19/h1-3,16,18,22H,4-15H2,(H,29,34)(H,31,33)/t16-,18-. The summed E-state index contributed by atoms with van der Waals surface area (Å²) in [6, 6.07) is 5.67. The van der Waals surface area contributed by atoms with Crippen LogP contribution in [0.3, 0.4) is 0 Å². The van der Waals surface area contributed by atoms with Crippen molar-refractivity contribution in [2.24, 2.45) is 5.92 Å². The molecule has 1 saturated carbocycles. The first-order valence-corrected chi connectivity index (χ1v) is 13.6. The number of thiazole rings is 1. The summed E-state index contributed by atoms with van der Waals surface area (Å²) in [6.07, 6.45) is 4.84. The largest absolute Gasteiger partial charge is 0.464 e. The van der Waals surface area contributed by atoms with Crippen molar-refractivity contribution in [3.63, 3.8) is 0 Å². The molecule has 2 aliphatic heterocycles. The van der Waals surface area contributed by atoms with Crippen LogP contribution in [-0.4, -0.2) is 60.4 Å². The van der Waals surface area contributed by atoms with Gasteiger partial charge in [0.05, 0.1) is 23.4 Å². The Kier molecular flexibility index (Phi) is 7.81. The fraction of sp³-hybridized carbons (Fsp3) is 0.577. The zero-order valence-corrected chi connectivity index (χ0v) is 21.0. The third-order valence-corrected chi connectivity index (χ3v) is 8.53. The number of amides is 2. The topological polar surface area (TPSA) is 83.6 Å². The molecule has 3 aliphatic rings. The van der Waals surface area contributed by atoms with Gasteiger partial charge in [-0.3, -0.25) is 9.59 Å². The number of hydrogen-bond donors (Lipinski definition) is 2. The van der Waals surface area contributed by atoms with Gasteiger partial charge >= 0.3 is 0 Å². The Labute approximate surface area is 213 Å². The minimum atomic E-state index is -2.48. The highest BCUT2D eigenvalue weighted by Gasteiger charge is 2.27. The molecule has 0 unspecified atom stereocenters. The van der Waals surface area contributed by atoms with Crippen LogP contribution in [0.1, 0.15) is 58.6 Å². The lowest BCUT2D eigenvalue weighted by atomic mass is 9.84. The van der Waals surface area contributed by atoms with Crippen molar-refractivity contribution in [3.8, 4) is 5.19 Å². The van der Waals surface area contributed by atoms with Crippen molar-refractivity contribution >= 4 is 28.8 Å². The molecule has 2 amide bonds. The average molecular weight is 519 g/mol. The second kappa shape index (κ2) is 11.2. The summed E-state index contributed by atoms with van der Waals surface area (Å²) in [4.78, 5) is 32.6. The summed E-state index contributed by atoms with van der Waals surface area (Å²) in [5.74, 6) is 0.486. The maximum absolute atomic E-state index is 12.9.